The number of carbonyl (C=O) groups excluding carboxylic acids is 1. The first-order valence-corrected chi connectivity index (χ1v) is 5.76. The molecular weight excluding hydrogens is 220 g/mol. The summed E-state index contributed by atoms with van der Waals surface area (Å²) in [5.74, 6) is 0.536. The van der Waals surface area contributed by atoms with Crippen molar-refractivity contribution in [3.63, 3.8) is 0 Å². The molecule has 1 aromatic rings. The number of urea groups is 1. The van der Waals surface area contributed by atoms with Gasteiger partial charge in [-0.3, -0.25) is 10.00 Å². The van der Waals surface area contributed by atoms with Gasteiger partial charge in [-0.2, -0.15) is 5.10 Å². The maximum absolute atomic E-state index is 11.9. The first-order chi connectivity index (χ1) is 8.08. The fourth-order valence-electron chi connectivity index (χ4n) is 1.52. The maximum atomic E-state index is 11.9. The van der Waals surface area contributed by atoms with Gasteiger partial charge in [0.1, 0.15) is 0 Å². The lowest BCUT2D eigenvalue weighted by Crippen LogP contribution is -2.37. The lowest BCUT2D eigenvalue weighted by molar-refractivity contribution is 0.188. The monoisotopic (exact) mass is 240 g/mol. The predicted molar refractivity (Wildman–Crippen MR) is 65.9 cm³/mol. The number of aromatic nitrogens is 2. The van der Waals surface area contributed by atoms with Crippen LogP contribution in [0.1, 0.15) is 19.0 Å². The Bertz CT molecular complexity index is 350. The van der Waals surface area contributed by atoms with E-state index in [4.69, 9.17) is 5.11 Å². The second kappa shape index (κ2) is 6.24. The van der Waals surface area contributed by atoms with Crippen LogP contribution in [0.25, 0.3) is 0 Å². The fourth-order valence-corrected chi connectivity index (χ4v) is 1.52. The van der Waals surface area contributed by atoms with E-state index in [0.29, 0.717) is 18.9 Å². The third-order valence-corrected chi connectivity index (χ3v) is 2.50. The Morgan fingerprint density at radius 3 is 2.76 bits per heavy atom. The molecule has 1 rings (SSSR count). The van der Waals surface area contributed by atoms with Gasteiger partial charge in [0.2, 0.25) is 0 Å². The Morgan fingerprint density at radius 1 is 1.59 bits per heavy atom. The van der Waals surface area contributed by atoms with Gasteiger partial charge < -0.3 is 10.0 Å². The summed E-state index contributed by atoms with van der Waals surface area (Å²) in [5, 5.41) is 15.8. The molecule has 6 heteroatoms. The topological polar surface area (TPSA) is 70.4 Å². The zero-order valence-corrected chi connectivity index (χ0v) is 10.6. The van der Waals surface area contributed by atoms with Crippen molar-refractivity contribution in [2.45, 2.75) is 20.3 Å². The molecule has 0 aromatic carbocycles. The SMILES string of the molecule is CCCN(CCO)C(=O)Nc1cc(C)n(C)n1. The molecule has 2 amide bonds. The van der Waals surface area contributed by atoms with E-state index >= 15 is 0 Å². The molecule has 0 radical (unpaired) electrons. The number of nitrogens with one attached hydrogen (secondary N) is 1. The second-order valence-corrected chi connectivity index (χ2v) is 3.94. The summed E-state index contributed by atoms with van der Waals surface area (Å²) in [7, 11) is 1.82. The highest BCUT2D eigenvalue weighted by Gasteiger charge is 2.13. The highest BCUT2D eigenvalue weighted by molar-refractivity contribution is 5.88. The lowest BCUT2D eigenvalue weighted by Gasteiger charge is -2.20. The largest absolute Gasteiger partial charge is 0.395 e. The molecule has 17 heavy (non-hydrogen) atoms. The van der Waals surface area contributed by atoms with Crippen molar-refractivity contribution in [3.05, 3.63) is 11.8 Å². The highest BCUT2D eigenvalue weighted by atomic mass is 16.3. The lowest BCUT2D eigenvalue weighted by atomic mass is 10.4. The van der Waals surface area contributed by atoms with Crippen LogP contribution in [0.15, 0.2) is 6.07 Å². The van der Waals surface area contributed by atoms with E-state index in [-0.39, 0.29) is 12.6 Å². The summed E-state index contributed by atoms with van der Waals surface area (Å²) in [6.07, 6.45) is 0.856. The van der Waals surface area contributed by atoms with Crippen LogP contribution < -0.4 is 5.32 Å². The number of aryl methyl sites for hydroxylation is 2. The van der Waals surface area contributed by atoms with E-state index < -0.39 is 0 Å². The van der Waals surface area contributed by atoms with Crippen LogP contribution >= 0.6 is 0 Å². The van der Waals surface area contributed by atoms with Gasteiger partial charge in [-0.1, -0.05) is 6.92 Å². The number of rotatable bonds is 5. The van der Waals surface area contributed by atoms with Crippen molar-refractivity contribution in [1.82, 2.24) is 14.7 Å². The molecule has 2 N–H and O–H groups in total. The van der Waals surface area contributed by atoms with Crippen LogP contribution in [0, 0.1) is 6.92 Å². The Balaban J connectivity index is 2.62. The minimum absolute atomic E-state index is 0.0331. The second-order valence-electron chi connectivity index (χ2n) is 3.94. The van der Waals surface area contributed by atoms with Gasteiger partial charge in [0, 0.05) is 31.9 Å². The molecule has 0 aliphatic rings. The molecule has 0 fully saturated rings. The quantitative estimate of drug-likeness (QED) is 0.805. The van der Waals surface area contributed by atoms with Crippen LogP contribution in [-0.4, -0.2) is 45.5 Å². The van der Waals surface area contributed by atoms with Gasteiger partial charge in [-0.25, -0.2) is 4.79 Å². The minimum atomic E-state index is -0.223. The zero-order chi connectivity index (χ0) is 12.8. The van der Waals surface area contributed by atoms with Crippen LogP contribution in [-0.2, 0) is 7.05 Å². The highest BCUT2D eigenvalue weighted by Crippen LogP contribution is 2.08. The molecule has 1 aromatic heterocycles. The fraction of sp³-hybridized carbons (Fsp3) is 0.636. The normalized spacial score (nSPS) is 10.4. The molecule has 96 valence electrons. The van der Waals surface area contributed by atoms with E-state index in [1.54, 1.807) is 15.6 Å². The number of aliphatic hydroxyl groups excluding tert-OH is 1. The van der Waals surface area contributed by atoms with Crippen molar-refractivity contribution in [3.8, 4) is 0 Å². The molecule has 0 aliphatic heterocycles. The summed E-state index contributed by atoms with van der Waals surface area (Å²) in [6.45, 7) is 4.83. The Labute approximate surface area is 101 Å². The van der Waals surface area contributed by atoms with Gasteiger partial charge in [0.25, 0.3) is 0 Å². The molecule has 0 aliphatic carbocycles. The number of hydrogen-bond donors (Lipinski definition) is 2. The van der Waals surface area contributed by atoms with Gasteiger partial charge in [0.15, 0.2) is 5.82 Å². The third kappa shape index (κ3) is 3.74. The van der Waals surface area contributed by atoms with Crippen molar-refractivity contribution in [2.75, 3.05) is 25.0 Å². The summed E-state index contributed by atoms with van der Waals surface area (Å²) in [6, 6.07) is 1.58. The number of amides is 2. The molecule has 0 atom stereocenters. The van der Waals surface area contributed by atoms with E-state index in [1.807, 2.05) is 20.9 Å². The smallest absolute Gasteiger partial charge is 0.323 e. The molecule has 0 bridgehead atoms. The Kier molecular flexibility index (Phi) is 4.96. The number of anilines is 1. The first-order valence-electron chi connectivity index (χ1n) is 5.76. The van der Waals surface area contributed by atoms with Crippen LogP contribution in [0.3, 0.4) is 0 Å². The van der Waals surface area contributed by atoms with Gasteiger partial charge in [-0.15, -0.1) is 0 Å². The van der Waals surface area contributed by atoms with E-state index in [2.05, 4.69) is 10.4 Å². The molecule has 0 saturated carbocycles. The summed E-state index contributed by atoms with van der Waals surface area (Å²) >= 11 is 0. The summed E-state index contributed by atoms with van der Waals surface area (Å²) in [5.41, 5.74) is 0.976. The van der Waals surface area contributed by atoms with Crippen molar-refractivity contribution >= 4 is 11.8 Å². The van der Waals surface area contributed by atoms with Gasteiger partial charge in [-0.05, 0) is 13.3 Å². The minimum Gasteiger partial charge on any atom is -0.395 e. The number of carbonyl (C=O) groups is 1. The van der Waals surface area contributed by atoms with Gasteiger partial charge in [0.05, 0.1) is 6.61 Å². The Morgan fingerprint density at radius 2 is 2.29 bits per heavy atom. The predicted octanol–water partition coefficient (Wildman–Crippen LogP) is 0.965. The van der Waals surface area contributed by atoms with Crippen molar-refractivity contribution in [1.29, 1.82) is 0 Å². The molecule has 6 nitrogen and oxygen atoms in total. The average Bonchev–Trinajstić information content (AvgIpc) is 2.57. The van der Waals surface area contributed by atoms with Crippen molar-refractivity contribution in [2.24, 2.45) is 7.05 Å². The molecular formula is C11H20N4O2. The van der Waals surface area contributed by atoms with E-state index in [0.717, 1.165) is 12.1 Å². The summed E-state index contributed by atoms with van der Waals surface area (Å²) < 4.78 is 1.70. The Hall–Kier alpha value is -1.56. The molecule has 0 unspecified atom stereocenters. The molecule has 0 spiro atoms. The van der Waals surface area contributed by atoms with Crippen molar-refractivity contribution < 1.29 is 9.90 Å². The summed E-state index contributed by atoms with van der Waals surface area (Å²) in [4.78, 5) is 13.4. The van der Waals surface area contributed by atoms with E-state index in [1.165, 1.54) is 0 Å². The van der Waals surface area contributed by atoms with E-state index in [9.17, 15) is 4.79 Å². The molecule has 0 saturated heterocycles. The van der Waals surface area contributed by atoms with Gasteiger partial charge >= 0.3 is 6.03 Å². The standard InChI is InChI=1S/C11H20N4O2/c1-4-5-15(6-7-16)11(17)12-10-8-9(2)14(3)13-10/h8,16H,4-7H2,1-3H3,(H,12,13,17). The maximum Gasteiger partial charge on any atom is 0.323 e. The number of hydrogen-bond acceptors (Lipinski definition) is 3. The first kappa shape index (κ1) is 13.5. The zero-order valence-electron chi connectivity index (χ0n) is 10.6. The molecule has 1 heterocycles. The van der Waals surface area contributed by atoms with Crippen LogP contribution in [0.2, 0.25) is 0 Å². The average molecular weight is 240 g/mol. The number of nitrogens with zero attached hydrogens (tertiary/aromatic N) is 3. The van der Waals surface area contributed by atoms with Crippen LogP contribution in [0.5, 0.6) is 0 Å². The number of aliphatic hydroxyl groups is 1. The third-order valence-electron chi connectivity index (χ3n) is 2.50. The van der Waals surface area contributed by atoms with Crippen LogP contribution in [0.4, 0.5) is 10.6 Å².